The zero-order valence-electron chi connectivity index (χ0n) is 8.74. The van der Waals surface area contributed by atoms with Gasteiger partial charge in [0, 0.05) is 5.69 Å². The van der Waals surface area contributed by atoms with Gasteiger partial charge in [0.25, 0.3) is 0 Å². The molecule has 76 valence electrons. The number of benzene rings is 1. The van der Waals surface area contributed by atoms with Crippen LogP contribution in [0.4, 0.5) is 5.69 Å². The summed E-state index contributed by atoms with van der Waals surface area (Å²) in [5, 5.41) is 3.64. The molecule has 0 bridgehead atoms. The summed E-state index contributed by atoms with van der Waals surface area (Å²) in [5.41, 5.74) is 4.32. The summed E-state index contributed by atoms with van der Waals surface area (Å²) in [6.45, 7) is 0. The molecule has 1 aromatic carbocycles. The molecule has 0 radical (unpaired) electrons. The van der Waals surface area contributed by atoms with Crippen LogP contribution in [0.2, 0.25) is 0 Å². The highest BCUT2D eigenvalue weighted by Gasteiger charge is 2.19. The maximum Gasteiger partial charge on any atom is 0.0511 e. The Morgan fingerprint density at radius 3 is 3.07 bits per heavy atom. The van der Waals surface area contributed by atoms with Gasteiger partial charge < -0.3 is 5.32 Å². The number of aryl methyl sites for hydroxylation is 1. The molecule has 1 heteroatoms. The van der Waals surface area contributed by atoms with E-state index in [0.717, 1.165) is 6.42 Å². The van der Waals surface area contributed by atoms with E-state index in [1.807, 2.05) is 0 Å². The number of nitrogens with one attached hydrogen (secondary N) is 1. The van der Waals surface area contributed by atoms with Gasteiger partial charge in [0.1, 0.15) is 0 Å². The number of rotatable bonds is 0. The highest BCUT2D eigenvalue weighted by molar-refractivity contribution is 5.55. The number of allylic oxidation sites excluding steroid dienone is 2. The molecule has 0 spiro atoms. The fraction of sp³-hybridized carbons (Fsp3) is 0.286. The zero-order valence-corrected chi connectivity index (χ0v) is 8.74. The molecule has 3 rings (SSSR count). The first-order valence-corrected chi connectivity index (χ1v) is 5.63. The SMILES string of the molecule is C1=CCC2Nc3ccccc3CCC2=C1. The molecule has 0 saturated heterocycles. The topological polar surface area (TPSA) is 12.0 Å². The third kappa shape index (κ3) is 1.58. The highest BCUT2D eigenvalue weighted by Crippen LogP contribution is 2.29. The van der Waals surface area contributed by atoms with E-state index in [1.54, 1.807) is 5.57 Å². The zero-order chi connectivity index (χ0) is 10.1. The van der Waals surface area contributed by atoms with Crippen LogP contribution in [0, 0.1) is 0 Å². The van der Waals surface area contributed by atoms with Crippen molar-refractivity contribution in [3.8, 4) is 0 Å². The molecule has 0 saturated carbocycles. The Hall–Kier alpha value is -1.50. The van der Waals surface area contributed by atoms with Crippen molar-refractivity contribution >= 4 is 5.69 Å². The maximum absolute atomic E-state index is 3.64. The smallest absolute Gasteiger partial charge is 0.0511 e. The van der Waals surface area contributed by atoms with E-state index in [2.05, 4.69) is 47.8 Å². The number of fused-ring (bicyclic) bond motifs is 2. The average molecular weight is 197 g/mol. The Morgan fingerprint density at radius 2 is 2.07 bits per heavy atom. The maximum atomic E-state index is 3.64. The van der Waals surface area contributed by atoms with Crippen molar-refractivity contribution in [2.24, 2.45) is 0 Å². The summed E-state index contributed by atoms with van der Waals surface area (Å²) < 4.78 is 0. The minimum Gasteiger partial charge on any atom is -0.378 e. The van der Waals surface area contributed by atoms with E-state index >= 15 is 0 Å². The largest absolute Gasteiger partial charge is 0.378 e. The normalized spacial score (nSPS) is 23.2. The molecule has 2 aliphatic rings. The van der Waals surface area contributed by atoms with Gasteiger partial charge in [-0.05, 0) is 36.5 Å². The third-order valence-corrected chi connectivity index (χ3v) is 3.30. The van der Waals surface area contributed by atoms with Gasteiger partial charge in [0.05, 0.1) is 6.04 Å². The molecule has 0 fully saturated rings. The number of hydrogen-bond donors (Lipinski definition) is 1. The van der Waals surface area contributed by atoms with E-state index in [4.69, 9.17) is 0 Å². The molecule has 1 heterocycles. The lowest BCUT2D eigenvalue weighted by molar-refractivity contribution is 0.781. The molecule has 1 aliphatic carbocycles. The Balaban J connectivity index is 1.97. The molecule has 1 unspecified atom stereocenters. The minimum atomic E-state index is 0.527. The van der Waals surface area contributed by atoms with Crippen LogP contribution in [0.5, 0.6) is 0 Å². The summed E-state index contributed by atoms with van der Waals surface area (Å²) >= 11 is 0. The van der Waals surface area contributed by atoms with Gasteiger partial charge in [-0.3, -0.25) is 0 Å². The molecule has 1 nitrogen and oxygen atoms in total. The monoisotopic (exact) mass is 197 g/mol. The molecular weight excluding hydrogens is 182 g/mol. The van der Waals surface area contributed by atoms with E-state index in [-0.39, 0.29) is 0 Å². The van der Waals surface area contributed by atoms with E-state index in [0.29, 0.717) is 6.04 Å². The van der Waals surface area contributed by atoms with E-state index in [1.165, 1.54) is 24.1 Å². The predicted octanol–water partition coefficient (Wildman–Crippen LogP) is 3.30. The van der Waals surface area contributed by atoms with Crippen LogP contribution < -0.4 is 5.32 Å². The minimum absolute atomic E-state index is 0.527. The van der Waals surface area contributed by atoms with Crippen LogP contribution >= 0.6 is 0 Å². The fourth-order valence-electron chi connectivity index (χ4n) is 2.43. The Morgan fingerprint density at radius 1 is 1.13 bits per heavy atom. The van der Waals surface area contributed by atoms with Crippen molar-refractivity contribution in [2.75, 3.05) is 5.32 Å². The third-order valence-electron chi connectivity index (χ3n) is 3.30. The van der Waals surface area contributed by atoms with Crippen LogP contribution in [0.1, 0.15) is 18.4 Å². The molecular formula is C14H15N. The van der Waals surface area contributed by atoms with Gasteiger partial charge >= 0.3 is 0 Å². The lowest BCUT2D eigenvalue weighted by Gasteiger charge is -2.21. The summed E-state index contributed by atoms with van der Waals surface area (Å²) in [4.78, 5) is 0. The summed E-state index contributed by atoms with van der Waals surface area (Å²) in [5.74, 6) is 0. The Labute approximate surface area is 90.5 Å². The fourth-order valence-corrected chi connectivity index (χ4v) is 2.43. The van der Waals surface area contributed by atoms with Crippen molar-refractivity contribution in [3.63, 3.8) is 0 Å². The first-order valence-electron chi connectivity index (χ1n) is 5.63. The van der Waals surface area contributed by atoms with Crippen molar-refractivity contribution in [2.45, 2.75) is 25.3 Å². The average Bonchev–Trinajstić information content (AvgIpc) is 2.48. The molecule has 0 amide bonds. The van der Waals surface area contributed by atoms with Crippen LogP contribution in [0.15, 0.2) is 48.1 Å². The van der Waals surface area contributed by atoms with Crippen molar-refractivity contribution in [1.82, 2.24) is 0 Å². The molecule has 1 aromatic rings. The lowest BCUT2D eigenvalue weighted by atomic mass is 9.95. The second kappa shape index (κ2) is 3.58. The number of para-hydroxylation sites is 1. The molecule has 1 atom stereocenters. The van der Waals surface area contributed by atoms with E-state index < -0.39 is 0 Å². The van der Waals surface area contributed by atoms with Gasteiger partial charge in [0.15, 0.2) is 0 Å². The lowest BCUT2D eigenvalue weighted by Crippen LogP contribution is -2.21. The van der Waals surface area contributed by atoms with Gasteiger partial charge in [-0.1, -0.05) is 36.4 Å². The second-order valence-corrected chi connectivity index (χ2v) is 4.26. The van der Waals surface area contributed by atoms with Gasteiger partial charge in [-0.2, -0.15) is 0 Å². The van der Waals surface area contributed by atoms with Gasteiger partial charge in [-0.25, -0.2) is 0 Å². The number of hydrogen-bond acceptors (Lipinski definition) is 1. The first kappa shape index (κ1) is 8.78. The molecule has 1 aliphatic heterocycles. The van der Waals surface area contributed by atoms with Crippen LogP contribution in [0.3, 0.4) is 0 Å². The highest BCUT2D eigenvalue weighted by atomic mass is 14.9. The summed E-state index contributed by atoms with van der Waals surface area (Å²) in [6, 6.07) is 9.18. The first-order chi connectivity index (χ1) is 7.43. The van der Waals surface area contributed by atoms with Crippen molar-refractivity contribution in [1.29, 1.82) is 0 Å². The summed E-state index contributed by atoms with van der Waals surface area (Å²) in [7, 11) is 0. The Bertz CT molecular complexity index is 429. The van der Waals surface area contributed by atoms with Crippen LogP contribution in [-0.2, 0) is 6.42 Å². The second-order valence-electron chi connectivity index (χ2n) is 4.26. The predicted molar refractivity (Wildman–Crippen MR) is 64.0 cm³/mol. The van der Waals surface area contributed by atoms with Crippen molar-refractivity contribution < 1.29 is 0 Å². The molecule has 1 N–H and O–H groups in total. The standard InChI is InChI=1S/C14H15N/c1-3-7-13-11(5-1)9-10-12-6-2-4-8-14(12)15-13/h1-7,14-15H,8-10H2. The van der Waals surface area contributed by atoms with Crippen LogP contribution in [-0.4, -0.2) is 6.04 Å². The number of anilines is 1. The Kier molecular flexibility index (Phi) is 2.09. The van der Waals surface area contributed by atoms with Gasteiger partial charge in [-0.15, -0.1) is 0 Å². The molecule has 0 aromatic heterocycles. The quantitative estimate of drug-likeness (QED) is 0.673. The molecule has 15 heavy (non-hydrogen) atoms. The van der Waals surface area contributed by atoms with E-state index in [9.17, 15) is 0 Å². The van der Waals surface area contributed by atoms with Crippen LogP contribution in [0.25, 0.3) is 0 Å². The van der Waals surface area contributed by atoms with Gasteiger partial charge in [0.2, 0.25) is 0 Å². The van der Waals surface area contributed by atoms with Crippen molar-refractivity contribution in [3.05, 3.63) is 53.6 Å². The summed E-state index contributed by atoms with van der Waals surface area (Å²) in [6.07, 6.45) is 10.2.